The molecule has 0 saturated carbocycles. The SMILES string of the molecule is COCCNC(C#N)c1c(C)nn(C)c1C. The average molecular weight is 222 g/mol. The molecule has 1 aromatic rings. The molecule has 88 valence electrons. The van der Waals surface area contributed by atoms with Crippen molar-refractivity contribution in [3.05, 3.63) is 17.0 Å². The maximum atomic E-state index is 9.15. The molecule has 0 saturated heterocycles. The van der Waals surface area contributed by atoms with E-state index >= 15 is 0 Å². The third kappa shape index (κ3) is 2.60. The Bertz CT molecular complexity index is 391. The lowest BCUT2D eigenvalue weighted by Crippen LogP contribution is -2.24. The fourth-order valence-corrected chi connectivity index (χ4v) is 1.73. The molecule has 0 aliphatic heterocycles. The zero-order valence-corrected chi connectivity index (χ0v) is 10.2. The second-order valence-electron chi connectivity index (χ2n) is 3.72. The van der Waals surface area contributed by atoms with Crippen LogP contribution >= 0.6 is 0 Å². The van der Waals surface area contributed by atoms with Gasteiger partial charge in [0.2, 0.25) is 0 Å². The molecule has 1 N–H and O–H groups in total. The molecule has 1 atom stereocenters. The first-order valence-corrected chi connectivity index (χ1v) is 5.23. The van der Waals surface area contributed by atoms with Crippen LogP contribution < -0.4 is 5.32 Å². The highest BCUT2D eigenvalue weighted by molar-refractivity contribution is 5.32. The summed E-state index contributed by atoms with van der Waals surface area (Å²) in [5.41, 5.74) is 2.89. The summed E-state index contributed by atoms with van der Waals surface area (Å²) in [6.07, 6.45) is 0. The summed E-state index contributed by atoms with van der Waals surface area (Å²) in [6, 6.07) is 1.94. The summed E-state index contributed by atoms with van der Waals surface area (Å²) >= 11 is 0. The average Bonchev–Trinajstić information content (AvgIpc) is 2.50. The van der Waals surface area contributed by atoms with Crippen LogP contribution in [0.5, 0.6) is 0 Å². The molecule has 0 fully saturated rings. The lowest BCUT2D eigenvalue weighted by Gasteiger charge is -2.11. The molecule has 1 heterocycles. The summed E-state index contributed by atoms with van der Waals surface area (Å²) in [5.74, 6) is 0. The number of hydrogen-bond donors (Lipinski definition) is 1. The van der Waals surface area contributed by atoms with E-state index in [0.29, 0.717) is 13.2 Å². The highest BCUT2D eigenvalue weighted by atomic mass is 16.5. The van der Waals surface area contributed by atoms with E-state index in [9.17, 15) is 0 Å². The number of rotatable bonds is 5. The summed E-state index contributed by atoms with van der Waals surface area (Å²) in [4.78, 5) is 0. The van der Waals surface area contributed by atoms with Crippen molar-refractivity contribution in [2.45, 2.75) is 19.9 Å². The zero-order valence-electron chi connectivity index (χ0n) is 10.2. The van der Waals surface area contributed by atoms with Gasteiger partial charge >= 0.3 is 0 Å². The Morgan fingerprint density at radius 2 is 2.25 bits per heavy atom. The van der Waals surface area contributed by atoms with Crippen molar-refractivity contribution in [3.8, 4) is 6.07 Å². The molecule has 5 heteroatoms. The minimum atomic E-state index is -0.316. The van der Waals surface area contributed by atoms with Crippen LogP contribution in [0.1, 0.15) is 23.0 Å². The highest BCUT2D eigenvalue weighted by Crippen LogP contribution is 2.20. The standard InChI is InChI=1S/C11H18N4O/c1-8-11(9(2)15(3)14-8)10(7-12)13-5-6-16-4/h10,13H,5-6H2,1-4H3. The van der Waals surface area contributed by atoms with E-state index in [2.05, 4.69) is 16.5 Å². The Kier molecular flexibility index (Phi) is 4.47. The molecular formula is C11H18N4O. The lowest BCUT2D eigenvalue weighted by atomic mass is 10.1. The van der Waals surface area contributed by atoms with Gasteiger partial charge in [-0.1, -0.05) is 0 Å². The van der Waals surface area contributed by atoms with Crippen molar-refractivity contribution in [2.75, 3.05) is 20.3 Å². The number of nitrogens with one attached hydrogen (secondary N) is 1. The van der Waals surface area contributed by atoms with Crippen LogP contribution in [0.4, 0.5) is 0 Å². The Labute approximate surface area is 96.0 Å². The van der Waals surface area contributed by atoms with E-state index < -0.39 is 0 Å². The third-order valence-electron chi connectivity index (χ3n) is 2.64. The number of ether oxygens (including phenoxy) is 1. The quantitative estimate of drug-likeness (QED) is 0.750. The van der Waals surface area contributed by atoms with E-state index in [4.69, 9.17) is 10.00 Å². The number of nitriles is 1. The van der Waals surface area contributed by atoms with Crippen molar-refractivity contribution in [1.82, 2.24) is 15.1 Å². The van der Waals surface area contributed by atoms with E-state index in [-0.39, 0.29) is 6.04 Å². The van der Waals surface area contributed by atoms with Gasteiger partial charge in [0.1, 0.15) is 6.04 Å². The maximum absolute atomic E-state index is 9.15. The summed E-state index contributed by atoms with van der Waals surface area (Å²) in [6.45, 7) is 5.14. The summed E-state index contributed by atoms with van der Waals surface area (Å²) < 4.78 is 6.74. The van der Waals surface area contributed by atoms with Gasteiger partial charge in [-0.2, -0.15) is 10.4 Å². The molecule has 0 aliphatic carbocycles. The number of nitrogens with zero attached hydrogens (tertiary/aromatic N) is 3. The molecular weight excluding hydrogens is 204 g/mol. The topological polar surface area (TPSA) is 62.9 Å². The number of hydrogen-bond acceptors (Lipinski definition) is 4. The number of aromatic nitrogens is 2. The minimum absolute atomic E-state index is 0.316. The molecule has 0 aromatic carbocycles. The van der Waals surface area contributed by atoms with Crippen molar-refractivity contribution in [2.24, 2.45) is 7.05 Å². The van der Waals surface area contributed by atoms with Gasteiger partial charge in [-0.3, -0.25) is 10.00 Å². The van der Waals surface area contributed by atoms with E-state index in [0.717, 1.165) is 17.0 Å². The van der Waals surface area contributed by atoms with Crippen molar-refractivity contribution >= 4 is 0 Å². The van der Waals surface area contributed by atoms with Crippen LogP contribution in [0, 0.1) is 25.2 Å². The summed E-state index contributed by atoms with van der Waals surface area (Å²) in [7, 11) is 3.53. The molecule has 0 aliphatic rings. The monoisotopic (exact) mass is 222 g/mol. The third-order valence-corrected chi connectivity index (χ3v) is 2.64. The van der Waals surface area contributed by atoms with E-state index in [1.165, 1.54) is 0 Å². The molecule has 5 nitrogen and oxygen atoms in total. The largest absolute Gasteiger partial charge is 0.383 e. The lowest BCUT2D eigenvalue weighted by molar-refractivity contribution is 0.198. The van der Waals surface area contributed by atoms with Gasteiger partial charge in [0.25, 0.3) is 0 Å². The molecule has 0 spiro atoms. The Morgan fingerprint density at radius 3 is 2.69 bits per heavy atom. The van der Waals surface area contributed by atoms with Gasteiger partial charge in [-0.05, 0) is 13.8 Å². The fraction of sp³-hybridized carbons (Fsp3) is 0.636. The van der Waals surface area contributed by atoms with Gasteiger partial charge in [0, 0.05) is 32.0 Å². The van der Waals surface area contributed by atoms with Gasteiger partial charge in [-0.25, -0.2) is 0 Å². The zero-order chi connectivity index (χ0) is 12.1. The second kappa shape index (κ2) is 5.64. The Hall–Kier alpha value is -1.38. The molecule has 1 unspecified atom stereocenters. The molecule has 0 amide bonds. The van der Waals surface area contributed by atoms with E-state index in [1.54, 1.807) is 11.8 Å². The van der Waals surface area contributed by atoms with Gasteiger partial charge in [-0.15, -0.1) is 0 Å². The first-order valence-electron chi connectivity index (χ1n) is 5.23. The molecule has 1 rings (SSSR count). The molecule has 1 aromatic heterocycles. The van der Waals surface area contributed by atoms with Gasteiger partial charge in [0.15, 0.2) is 0 Å². The smallest absolute Gasteiger partial charge is 0.125 e. The molecule has 0 bridgehead atoms. The molecule has 0 radical (unpaired) electrons. The Morgan fingerprint density at radius 1 is 1.56 bits per heavy atom. The minimum Gasteiger partial charge on any atom is -0.383 e. The van der Waals surface area contributed by atoms with E-state index in [1.807, 2.05) is 20.9 Å². The first-order chi connectivity index (χ1) is 7.61. The predicted octanol–water partition coefficient (Wildman–Crippen LogP) is 0.838. The first kappa shape index (κ1) is 12.7. The van der Waals surface area contributed by atoms with Crippen molar-refractivity contribution < 1.29 is 4.74 Å². The van der Waals surface area contributed by atoms with Crippen LogP contribution in [0.15, 0.2) is 0 Å². The second-order valence-corrected chi connectivity index (χ2v) is 3.72. The highest BCUT2D eigenvalue weighted by Gasteiger charge is 2.18. The van der Waals surface area contributed by atoms with Gasteiger partial charge in [0.05, 0.1) is 18.4 Å². The number of aryl methyl sites for hydroxylation is 2. The molecule has 16 heavy (non-hydrogen) atoms. The normalized spacial score (nSPS) is 12.4. The van der Waals surface area contributed by atoms with Gasteiger partial charge < -0.3 is 4.74 Å². The van der Waals surface area contributed by atoms with Crippen molar-refractivity contribution in [1.29, 1.82) is 5.26 Å². The number of methoxy groups -OCH3 is 1. The van der Waals surface area contributed by atoms with Crippen LogP contribution in [0.2, 0.25) is 0 Å². The fourth-order valence-electron chi connectivity index (χ4n) is 1.73. The van der Waals surface area contributed by atoms with Crippen LogP contribution in [0.25, 0.3) is 0 Å². The van der Waals surface area contributed by atoms with Crippen LogP contribution in [0.3, 0.4) is 0 Å². The summed E-state index contributed by atoms with van der Waals surface area (Å²) in [5, 5.41) is 16.6. The Balaban J connectivity index is 2.83. The maximum Gasteiger partial charge on any atom is 0.125 e. The van der Waals surface area contributed by atoms with Crippen LogP contribution in [-0.4, -0.2) is 30.0 Å². The van der Waals surface area contributed by atoms with Crippen molar-refractivity contribution in [3.63, 3.8) is 0 Å². The predicted molar refractivity (Wildman–Crippen MR) is 60.9 cm³/mol. The van der Waals surface area contributed by atoms with Crippen LogP contribution in [-0.2, 0) is 11.8 Å².